The van der Waals surface area contributed by atoms with Gasteiger partial charge in [0.1, 0.15) is 5.75 Å². The average Bonchev–Trinajstić information content (AvgIpc) is 2.51. The van der Waals surface area contributed by atoms with Gasteiger partial charge in [-0.2, -0.15) is 0 Å². The Kier molecular flexibility index (Phi) is 5.74. The van der Waals surface area contributed by atoms with Crippen molar-refractivity contribution in [1.29, 1.82) is 0 Å². The van der Waals surface area contributed by atoms with E-state index in [-0.39, 0.29) is 0 Å². The van der Waals surface area contributed by atoms with Crippen LogP contribution in [0.3, 0.4) is 0 Å². The van der Waals surface area contributed by atoms with Crippen molar-refractivity contribution in [2.24, 2.45) is 0 Å². The minimum atomic E-state index is 0.835. The summed E-state index contributed by atoms with van der Waals surface area (Å²) in [5.74, 6) is 1.75. The second-order valence-electron chi connectivity index (χ2n) is 4.40. The molecule has 0 aliphatic rings. The fourth-order valence-electron chi connectivity index (χ4n) is 1.83. The van der Waals surface area contributed by atoms with Gasteiger partial charge in [-0.3, -0.25) is 4.98 Å². The molecule has 0 fully saturated rings. The number of para-hydroxylation sites is 1. The predicted molar refractivity (Wildman–Crippen MR) is 85.6 cm³/mol. The predicted octanol–water partition coefficient (Wildman–Crippen LogP) is 4.20. The summed E-state index contributed by atoms with van der Waals surface area (Å²) in [7, 11) is 1.70. The van der Waals surface area contributed by atoms with Crippen LogP contribution in [0.25, 0.3) is 0 Å². The van der Waals surface area contributed by atoms with E-state index in [0.29, 0.717) is 0 Å². The van der Waals surface area contributed by atoms with Crippen LogP contribution >= 0.6 is 11.8 Å². The topological polar surface area (TPSA) is 34.2 Å². The van der Waals surface area contributed by atoms with E-state index >= 15 is 0 Å². The maximum atomic E-state index is 5.36. The van der Waals surface area contributed by atoms with Crippen LogP contribution in [-0.2, 0) is 5.75 Å². The van der Waals surface area contributed by atoms with Gasteiger partial charge in [-0.25, -0.2) is 0 Å². The van der Waals surface area contributed by atoms with Gasteiger partial charge in [-0.15, -0.1) is 11.8 Å². The summed E-state index contributed by atoms with van der Waals surface area (Å²) in [6.45, 7) is 3.15. The largest absolute Gasteiger partial charge is 0.496 e. The lowest BCUT2D eigenvalue weighted by Crippen LogP contribution is -2.00. The standard InChI is InChI=1S/C16H20N2OS/c1-3-9-17-13-8-10-18-14(11-13)12-20-16-7-5-4-6-15(16)19-2/h4-8,10-11H,3,9,12H2,1-2H3,(H,17,18). The number of nitrogens with zero attached hydrogens (tertiary/aromatic N) is 1. The van der Waals surface area contributed by atoms with Gasteiger partial charge in [-0.1, -0.05) is 19.1 Å². The molecule has 0 atom stereocenters. The molecule has 1 aromatic carbocycles. The van der Waals surface area contributed by atoms with Gasteiger partial charge in [0.2, 0.25) is 0 Å². The van der Waals surface area contributed by atoms with Gasteiger partial charge >= 0.3 is 0 Å². The number of anilines is 1. The molecule has 3 nitrogen and oxygen atoms in total. The third-order valence-electron chi connectivity index (χ3n) is 2.84. The Bertz CT molecular complexity index is 546. The van der Waals surface area contributed by atoms with E-state index in [9.17, 15) is 0 Å². The molecule has 2 rings (SSSR count). The molecular weight excluding hydrogens is 268 g/mol. The summed E-state index contributed by atoms with van der Waals surface area (Å²) in [5.41, 5.74) is 2.21. The summed E-state index contributed by atoms with van der Waals surface area (Å²) < 4.78 is 5.36. The number of aromatic nitrogens is 1. The molecule has 1 heterocycles. The van der Waals surface area contributed by atoms with Crippen LogP contribution in [0.4, 0.5) is 5.69 Å². The molecule has 1 aromatic heterocycles. The molecule has 0 radical (unpaired) electrons. The van der Waals surface area contributed by atoms with Crippen LogP contribution in [0.5, 0.6) is 5.75 Å². The number of thioether (sulfide) groups is 1. The Labute approximate surface area is 124 Å². The molecule has 2 aromatic rings. The molecule has 0 unspecified atom stereocenters. The maximum Gasteiger partial charge on any atom is 0.132 e. The van der Waals surface area contributed by atoms with Crippen molar-refractivity contribution >= 4 is 17.4 Å². The fourth-order valence-corrected chi connectivity index (χ4v) is 2.76. The summed E-state index contributed by atoms with van der Waals surface area (Å²) >= 11 is 1.74. The molecule has 0 aliphatic heterocycles. The summed E-state index contributed by atoms with van der Waals surface area (Å²) in [5, 5.41) is 3.38. The number of methoxy groups -OCH3 is 1. The molecule has 106 valence electrons. The highest BCUT2D eigenvalue weighted by atomic mass is 32.2. The van der Waals surface area contributed by atoms with Crippen molar-refractivity contribution in [2.75, 3.05) is 19.0 Å². The monoisotopic (exact) mass is 288 g/mol. The lowest BCUT2D eigenvalue weighted by molar-refractivity contribution is 0.405. The second kappa shape index (κ2) is 7.80. The van der Waals surface area contributed by atoms with Crippen molar-refractivity contribution in [1.82, 2.24) is 4.98 Å². The molecule has 0 amide bonds. The fraction of sp³-hybridized carbons (Fsp3) is 0.312. The SMILES string of the molecule is CCCNc1ccnc(CSc2ccccc2OC)c1. The highest BCUT2D eigenvalue weighted by molar-refractivity contribution is 7.98. The third kappa shape index (κ3) is 4.17. The highest BCUT2D eigenvalue weighted by Crippen LogP contribution is 2.31. The van der Waals surface area contributed by atoms with Gasteiger partial charge in [0.15, 0.2) is 0 Å². The molecule has 0 saturated heterocycles. The van der Waals surface area contributed by atoms with Gasteiger partial charge < -0.3 is 10.1 Å². The Morgan fingerprint density at radius 3 is 2.90 bits per heavy atom. The Balaban J connectivity index is 1.99. The third-order valence-corrected chi connectivity index (χ3v) is 3.93. The summed E-state index contributed by atoms with van der Waals surface area (Å²) in [6.07, 6.45) is 2.98. The first-order valence-electron chi connectivity index (χ1n) is 6.78. The van der Waals surface area contributed by atoms with E-state index in [0.717, 1.165) is 40.7 Å². The zero-order chi connectivity index (χ0) is 14.2. The minimum Gasteiger partial charge on any atom is -0.496 e. The van der Waals surface area contributed by atoms with Crippen LogP contribution in [0, 0.1) is 0 Å². The molecular formula is C16H20N2OS. The van der Waals surface area contributed by atoms with E-state index in [1.165, 1.54) is 0 Å². The highest BCUT2D eigenvalue weighted by Gasteiger charge is 2.04. The van der Waals surface area contributed by atoms with Crippen molar-refractivity contribution in [3.05, 3.63) is 48.3 Å². The van der Waals surface area contributed by atoms with E-state index in [1.807, 2.05) is 30.5 Å². The lowest BCUT2D eigenvalue weighted by Gasteiger charge is -2.09. The first-order chi connectivity index (χ1) is 9.83. The number of hydrogen-bond donors (Lipinski definition) is 1. The minimum absolute atomic E-state index is 0.835. The van der Waals surface area contributed by atoms with E-state index < -0.39 is 0 Å². The summed E-state index contributed by atoms with van der Waals surface area (Å²) in [4.78, 5) is 5.56. The molecule has 0 spiro atoms. The van der Waals surface area contributed by atoms with Crippen LogP contribution in [0.1, 0.15) is 19.0 Å². The molecule has 0 aliphatic carbocycles. The normalized spacial score (nSPS) is 10.3. The first-order valence-corrected chi connectivity index (χ1v) is 7.76. The maximum absolute atomic E-state index is 5.36. The molecule has 20 heavy (non-hydrogen) atoms. The average molecular weight is 288 g/mol. The number of rotatable bonds is 7. The zero-order valence-electron chi connectivity index (χ0n) is 11.9. The van der Waals surface area contributed by atoms with E-state index in [2.05, 4.69) is 29.4 Å². The van der Waals surface area contributed by atoms with Crippen LogP contribution in [0.15, 0.2) is 47.5 Å². The first kappa shape index (κ1) is 14.7. The zero-order valence-corrected chi connectivity index (χ0v) is 12.7. The van der Waals surface area contributed by atoms with Gasteiger partial charge in [0.25, 0.3) is 0 Å². The van der Waals surface area contributed by atoms with Gasteiger partial charge in [0.05, 0.1) is 12.8 Å². The Morgan fingerprint density at radius 1 is 1.25 bits per heavy atom. The van der Waals surface area contributed by atoms with Crippen molar-refractivity contribution in [3.63, 3.8) is 0 Å². The number of ether oxygens (including phenoxy) is 1. The van der Waals surface area contributed by atoms with Crippen LogP contribution < -0.4 is 10.1 Å². The number of pyridine rings is 1. The lowest BCUT2D eigenvalue weighted by atomic mass is 10.3. The number of hydrogen-bond acceptors (Lipinski definition) is 4. The van der Waals surface area contributed by atoms with Crippen molar-refractivity contribution in [3.8, 4) is 5.75 Å². The van der Waals surface area contributed by atoms with E-state index in [1.54, 1.807) is 18.9 Å². The molecule has 1 N–H and O–H groups in total. The second-order valence-corrected chi connectivity index (χ2v) is 5.42. The Morgan fingerprint density at radius 2 is 2.10 bits per heavy atom. The van der Waals surface area contributed by atoms with Crippen molar-refractivity contribution < 1.29 is 4.74 Å². The van der Waals surface area contributed by atoms with Crippen molar-refractivity contribution in [2.45, 2.75) is 24.0 Å². The quantitative estimate of drug-likeness (QED) is 0.774. The van der Waals surface area contributed by atoms with E-state index in [4.69, 9.17) is 4.74 Å². The molecule has 0 saturated carbocycles. The van der Waals surface area contributed by atoms with Gasteiger partial charge in [-0.05, 0) is 30.7 Å². The van der Waals surface area contributed by atoms with Crippen LogP contribution in [-0.4, -0.2) is 18.6 Å². The van der Waals surface area contributed by atoms with Gasteiger partial charge in [0, 0.05) is 29.1 Å². The smallest absolute Gasteiger partial charge is 0.132 e. The molecule has 0 bridgehead atoms. The Hall–Kier alpha value is -1.68. The number of nitrogens with one attached hydrogen (secondary N) is 1. The number of benzene rings is 1. The molecule has 4 heteroatoms. The van der Waals surface area contributed by atoms with Crippen LogP contribution in [0.2, 0.25) is 0 Å². The summed E-state index contributed by atoms with van der Waals surface area (Å²) in [6, 6.07) is 12.2.